The molecular formula is C19H16N2O4. The van der Waals surface area contributed by atoms with Crippen molar-refractivity contribution in [3.63, 3.8) is 0 Å². The number of hydrogen-bond donors (Lipinski definition) is 0. The van der Waals surface area contributed by atoms with Crippen LogP contribution in [0.5, 0.6) is 0 Å². The number of hydrogen-bond acceptors (Lipinski definition) is 4. The number of allylic oxidation sites excluding steroid dienone is 2. The van der Waals surface area contributed by atoms with E-state index in [4.69, 9.17) is 0 Å². The van der Waals surface area contributed by atoms with Crippen LogP contribution in [-0.2, 0) is 9.59 Å². The molecule has 6 rings (SSSR count). The molecule has 2 bridgehead atoms. The van der Waals surface area contributed by atoms with Crippen molar-refractivity contribution in [2.75, 3.05) is 11.9 Å². The van der Waals surface area contributed by atoms with Crippen molar-refractivity contribution in [3.8, 4) is 0 Å². The predicted molar refractivity (Wildman–Crippen MR) is 87.7 cm³/mol. The number of benzene rings is 1. The highest BCUT2D eigenvalue weighted by molar-refractivity contribution is 6.25. The molecule has 2 heterocycles. The van der Waals surface area contributed by atoms with E-state index in [1.165, 1.54) is 24.1 Å². The zero-order valence-corrected chi connectivity index (χ0v) is 13.6. The van der Waals surface area contributed by atoms with Crippen LogP contribution in [0.3, 0.4) is 0 Å². The fourth-order valence-electron chi connectivity index (χ4n) is 4.82. The smallest absolute Gasteiger partial charge is 0.261 e. The molecule has 2 fully saturated rings. The van der Waals surface area contributed by atoms with Crippen molar-refractivity contribution in [2.45, 2.75) is 12.8 Å². The van der Waals surface area contributed by atoms with Crippen molar-refractivity contribution in [2.24, 2.45) is 23.7 Å². The molecule has 4 amide bonds. The van der Waals surface area contributed by atoms with Gasteiger partial charge in [-0.3, -0.25) is 24.1 Å². The molecule has 0 N–H and O–H groups in total. The quantitative estimate of drug-likeness (QED) is 0.577. The summed E-state index contributed by atoms with van der Waals surface area (Å²) in [4.78, 5) is 52.4. The van der Waals surface area contributed by atoms with Gasteiger partial charge in [-0.05, 0) is 42.9 Å². The van der Waals surface area contributed by atoms with Crippen molar-refractivity contribution in [3.05, 3.63) is 41.5 Å². The lowest BCUT2D eigenvalue weighted by Crippen LogP contribution is -2.38. The molecule has 2 aliphatic heterocycles. The molecule has 6 nitrogen and oxygen atoms in total. The van der Waals surface area contributed by atoms with Gasteiger partial charge in [0.05, 0.1) is 28.7 Å². The van der Waals surface area contributed by atoms with E-state index in [9.17, 15) is 19.2 Å². The zero-order valence-electron chi connectivity index (χ0n) is 13.6. The normalized spacial score (nSPS) is 32.7. The van der Waals surface area contributed by atoms with E-state index in [1.807, 2.05) is 0 Å². The van der Waals surface area contributed by atoms with Gasteiger partial charge >= 0.3 is 0 Å². The SMILES string of the molecule is CN1C(=O)c2ccc(N3C(=O)C4C5C=CC(CC5)C4C3=O)cc2C1=O. The van der Waals surface area contributed by atoms with Crippen LogP contribution in [0.2, 0.25) is 0 Å². The molecule has 1 aromatic carbocycles. The van der Waals surface area contributed by atoms with Crippen molar-refractivity contribution < 1.29 is 19.2 Å². The first-order chi connectivity index (χ1) is 12.0. The van der Waals surface area contributed by atoms with Crippen LogP contribution in [0.4, 0.5) is 5.69 Å². The Labute approximate surface area is 144 Å². The maximum atomic E-state index is 13.0. The van der Waals surface area contributed by atoms with E-state index in [1.54, 1.807) is 6.07 Å². The lowest BCUT2D eigenvalue weighted by molar-refractivity contribution is -0.124. The van der Waals surface area contributed by atoms with E-state index in [2.05, 4.69) is 12.2 Å². The number of carbonyl (C=O) groups is 4. The molecule has 0 spiro atoms. The summed E-state index contributed by atoms with van der Waals surface area (Å²) in [5, 5.41) is 0. The second kappa shape index (κ2) is 4.65. The Morgan fingerprint density at radius 3 is 1.96 bits per heavy atom. The van der Waals surface area contributed by atoms with Crippen LogP contribution in [0.1, 0.15) is 33.6 Å². The second-order valence-corrected chi connectivity index (χ2v) is 7.25. The van der Waals surface area contributed by atoms with Gasteiger partial charge in [0.2, 0.25) is 11.8 Å². The summed E-state index contributed by atoms with van der Waals surface area (Å²) in [6, 6.07) is 4.62. The van der Waals surface area contributed by atoms with Gasteiger partial charge in [-0.25, -0.2) is 4.90 Å². The van der Waals surface area contributed by atoms with Crippen LogP contribution in [-0.4, -0.2) is 35.6 Å². The second-order valence-electron chi connectivity index (χ2n) is 7.25. The minimum absolute atomic E-state index is 0.125. The number of anilines is 1. The Hall–Kier alpha value is -2.76. The Balaban J connectivity index is 1.57. The molecule has 1 aromatic rings. The van der Waals surface area contributed by atoms with Crippen LogP contribution in [0.25, 0.3) is 0 Å². The summed E-state index contributed by atoms with van der Waals surface area (Å²) in [5.74, 6) is -1.45. The molecule has 4 unspecified atom stereocenters. The van der Waals surface area contributed by atoms with Gasteiger partial charge in [0.25, 0.3) is 11.8 Å². The lowest BCUT2D eigenvalue weighted by atomic mass is 9.63. The van der Waals surface area contributed by atoms with Crippen LogP contribution < -0.4 is 4.90 Å². The first-order valence-electron chi connectivity index (χ1n) is 8.51. The third-order valence-electron chi connectivity index (χ3n) is 6.09. The van der Waals surface area contributed by atoms with E-state index in [-0.39, 0.29) is 47.0 Å². The number of imide groups is 2. The molecule has 6 heteroatoms. The van der Waals surface area contributed by atoms with Gasteiger partial charge in [-0.15, -0.1) is 0 Å². The first kappa shape index (κ1) is 14.6. The first-order valence-corrected chi connectivity index (χ1v) is 8.51. The molecule has 25 heavy (non-hydrogen) atoms. The topological polar surface area (TPSA) is 74.8 Å². The molecule has 1 saturated heterocycles. The summed E-state index contributed by atoms with van der Waals surface area (Å²) in [7, 11) is 1.43. The summed E-state index contributed by atoms with van der Waals surface area (Å²) in [5.41, 5.74) is 0.954. The standard InChI is InChI=1S/C19H16N2O4/c1-20-16(22)12-7-6-11(8-13(12)17(20)23)21-18(24)14-9-2-3-10(5-4-9)15(14)19(21)25/h2-3,6-10,14-15H,4-5H2,1H3. The highest BCUT2D eigenvalue weighted by Crippen LogP contribution is 2.50. The van der Waals surface area contributed by atoms with Gasteiger partial charge in [0, 0.05) is 7.05 Å². The van der Waals surface area contributed by atoms with E-state index < -0.39 is 5.91 Å². The Bertz CT molecular complexity index is 871. The van der Waals surface area contributed by atoms with E-state index in [0.717, 1.165) is 17.7 Å². The Morgan fingerprint density at radius 2 is 1.40 bits per heavy atom. The van der Waals surface area contributed by atoms with Crippen LogP contribution >= 0.6 is 0 Å². The minimum atomic E-state index is -0.403. The summed E-state index contributed by atoms with van der Waals surface area (Å²) in [6.07, 6.45) is 6.03. The molecule has 5 aliphatic rings. The number of fused-ring (bicyclic) bond motifs is 2. The van der Waals surface area contributed by atoms with Crippen LogP contribution in [0.15, 0.2) is 30.4 Å². The molecule has 3 aliphatic carbocycles. The Morgan fingerprint density at radius 1 is 0.840 bits per heavy atom. The van der Waals surface area contributed by atoms with E-state index >= 15 is 0 Å². The summed E-state index contributed by atoms with van der Waals surface area (Å²) in [6.45, 7) is 0. The van der Waals surface area contributed by atoms with Crippen molar-refractivity contribution in [1.29, 1.82) is 0 Å². The highest BCUT2D eigenvalue weighted by atomic mass is 16.2. The average molecular weight is 336 g/mol. The van der Waals surface area contributed by atoms with Crippen molar-refractivity contribution >= 4 is 29.3 Å². The lowest BCUT2D eigenvalue weighted by Gasteiger charge is -2.38. The molecule has 4 atom stereocenters. The third kappa shape index (κ3) is 1.69. The molecular weight excluding hydrogens is 320 g/mol. The predicted octanol–water partition coefficient (Wildman–Crippen LogP) is 1.61. The number of rotatable bonds is 1. The summed E-state index contributed by atoms with van der Waals surface area (Å²) >= 11 is 0. The fraction of sp³-hybridized carbons (Fsp3) is 0.368. The molecule has 0 aromatic heterocycles. The van der Waals surface area contributed by atoms with Gasteiger partial charge in [0.1, 0.15) is 0 Å². The largest absolute Gasteiger partial charge is 0.277 e. The average Bonchev–Trinajstić information content (AvgIpc) is 3.04. The molecule has 1 saturated carbocycles. The van der Waals surface area contributed by atoms with Gasteiger partial charge in [-0.1, -0.05) is 12.2 Å². The van der Waals surface area contributed by atoms with Crippen LogP contribution in [0, 0.1) is 23.7 Å². The molecule has 126 valence electrons. The number of carbonyl (C=O) groups excluding carboxylic acids is 4. The number of nitrogens with zero attached hydrogens (tertiary/aromatic N) is 2. The maximum Gasteiger partial charge on any atom is 0.261 e. The third-order valence-corrected chi connectivity index (χ3v) is 6.09. The monoisotopic (exact) mass is 336 g/mol. The number of amides is 4. The Kier molecular flexibility index (Phi) is 2.71. The highest BCUT2D eigenvalue weighted by Gasteiger charge is 2.57. The minimum Gasteiger partial charge on any atom is -0.277 e. The maximum absolute atomic E-state index is 13.0. The summed E-state index contributed by atoms with van der Waals surface area (Å²) < 4.78 is 0. The molecule has 0 radical (unpaired) electrons. The van der Waals surface area contributed by atoms with Crippen molar-refractivity contribution in [1.82, 2.24) is 4.90 Å². The zero-order chi connectivity index (χ0) is 17.5. The fourth-order valence-corrected chi connectivity index (χ4v) is 4.82. The van der Waals surface area contributed by atoms with Gasteiger partial charge in [0.15, 0.2) is 0 Å². The van der Waals surface area contributed by atoms with E-state index in [0.29, 0.717) is 11.3 Å². The van der Waals surface area contributed by atoms with Gasteiger partial charge < -0.3 is 0 Å². The van der Waals surface area contributed by atoms with Gasteiger partial charge in [-0.2, -0.15) is 0 Å².